The van der Waals surface area contributed by atoms with Gasteiger partial charge in [0.05, 0.1) is 17.6 Å². The van der Waals surface area contributed by atoms with Crippen LogP contribution in [0.5, 0.6) is 0 Å². The van der Waals surface area contributed by atoms with Crippen LogP contribution in [0.1, 0.15) is 28.5 Å². The van der Waals surface area contributed by atoms with Crippen molar-refractivity contribution in [3.8, 4) is 5.69 Å². The number of benzene rings is 2. The first-order chi connectivity index (χ1) is 18.4. The van der Waals surface area contributed by atoms with Crippen molar-refractivity contribution in [1.82, 2.24) is 29.9 Å². The monoisotopic (exact) mass is 515 g/mol. The fourth-order valence-electron chi connectivity index (χ4n) is 4.44. The Balaban J connectivity index is 1.32. The Bertz CT molecular complexity index is 1420. The molecule has 0 bridgehead atoms. The number of aromatic nitrogens is 5. The molecular formula is C27H30FN9O. The van der Waals surface area contributed by atoms with Gasteiger partial charge >= 0.3 is 0 Å². The van der Waals surface area contributed by atoms with Crippen molar-refractivity contribution in [1.29, 1.82) is 0 Å². The van der Waals surface area contributed by atoms with Gasteiger partial charge in [-0.2, -0.15) is 4.98 Å². The number of hydrogen-bond donors (Lipinski definition) is 1. The van der Waals surface area contributed by atoms with Gasteiger partial charge in [-0.1, -0.05) is 23.4 Å². The second kappa shape index (κ2) is 10.9. The molecule has 196 valence electrons. The van der Waals surface area contributed by atoms with E-state index in [9.17, 15) is 9.18 Å². The number of amides is 1. The van der Waals surface area contributed by atoms with E-state index in [0.29, 0.717) is 50.1 Å². The van der Waals surface area contributed by atoms with E-state index in [2.05, 4.69) is 30.5 Å². The molecule has 5 rings (SSSR count). The SMILES string of the molecule is CCNc1ncc2c(n1)N(C)CCN(c1cccc(-n3cc(CN(C)Cc4ccc(F)cc4)nn3)c1)C2=O. The number of anilines is 3. The van der Waals surface area contributed by atoms with Crippen molar-refractivity contribution < 1.29 is 9.18 Å². The van der Waals surface area contributed by atoms with Crippen molar-refractivity contribution in [3.05, 3.63) is 83.6 Å². The third kappa shape index (κ3) is 5.47. The van der Waals surface area contributed by atoms with E-state index in [4.69, 9.17) is 0 Å². The number of nitrogens with one attached hydrogen (secondary N) is 1. The number of nitrogens with zero attached hydrogens (tertiary/aromatic N) is 8. The molecule has 0 fully saturated rings. The molecule has 0 saturated carbocycles. The van der Waals surface area contributed by atoms with Gasteiger partial charge in [0.25, 0.3) is 5.91 Å². The zero-order valence-corrected chi connectivity index (χ0v) is 21.7. The predicted octanol–water partition coefficient (Wildman–Crippen LogP) is 3.36. The summed E-state index contributed by atoms with van der Waals surface area (Å²) in [6.07, 6.45) is 3.47. The molecule has 3 heterocycles. The van der Waals surface area contributed by atoms with Crippen LogP contribution in [0.3, 0.4) is 0 Å². The third-order valence-electron chi connectivity index (χ3n) is 6.34. The summed E-state index contributed by atoms with van der Waals surface area (Å²) >= 11 is 0. The van der Waals surface area contributed by atoms with E-state index < -0.39 is 0 Å². The molecule has 11 heteroatoms. The van der Waals surface area contributed by atoms with E-state index >= 15 is 0 Å². The second-order valence-corrected chi connectivity index (χ2v) is 9.31. The number of carbonyl (C=O) groups is 1. The van der Waals surface area contributed by atoms with Crippen LogP contribution in [0.15, 0.2) is 60.9 Å². The minimum Gasteiger partial charge on any atom is -0.357 e. The standard InChI is InChI=1S/C27H30FN9O/c1-4-29-27-30-15-24-25(31-27)35(3)12-13-36(26(24)38)22-6-5-7-23(14-22)37-18-21(32-33-37)17-34(2)16-19-8-10-20(28)11-9-19/h5-11,14-15,18H,4,12-13,16-17H2,1-3H3,(H,29,30,31). The van der Waals surface area contributed by atoms with Crippen molar-refractivity contribution in [2.45, 2.75) is 20.0 Å². The lowest BCUT2D eigenvalue weighted by Gasteiger charge is -2.21. The molecule has 1 N–H and O–H groups in total. The summed E-state index contributed by atoms with van der Waals surface area (Å²) in [5.41, 5.74) is 3.84. The first kappa shape index (κ1) is 25.3. The Morgan fingerprint density at radius 1 is 1.08 bits per heavy atom. The lowest BCUT2D eigenvalue weighted by molar-refractivity contribution is 0.0989. The van der Waals surface area contributed by atoms with Crippen LogP contribution in [-0.4, -0.2) is 69.5 Å². The Hall–Kier alpha value is -4.38. The summed E-state index contributed by atoms with van der Waals surface area (Å²) in [7, 11) is 3.91. The van der Waals surface area contributed by atoms with E-state index in [1.165, 1.54) is 12.1 Å². The first-order valence-electron chi connectivity index (χ1n) is 12.5. The molecule has 1 aliphatic heterocycles. The smallest absolute Gasteiger partial charge is 0.263 e. The Labute approximate surface area is 220 Å². The van der Waals surface area contributed by atoms with E-state index in [0.717, 1.165) is 22.6 Å². The quantitative estimate of drug-likeness (QED) is 0.382. The highest BCUT2D eigenvalue weighted by molar-refractivity contribution is 6.09. The zero-order chi connectivity index (χ0) is 26.6. The van der Waals surface area contributed by atoms with Crippen LogP contribution in [0.2, 0.25) is 0 Å². The Morgan fingerprint density at radius 2 is 1.87 bits per heavy atom. The van der Waals surface area contributed by atoms with E-state index in [1.54, 1.807) is 27.9 Å². The highest BCUT2D eigenvalue weighted by Gasteiger charge is 2.28. The summed E-state index contributed by atoms with van der Waals surface area (Å²) in [6.45, 7) is 5.05. The number of halogens is 1. The second-order valence-electron chi connectivity index (χ2n) is 9.31. The van der Waals surface area contributed by atoms with Gasteiger partial charge in [-0.05, 0) is 49.9 Å². The molecule has 0 spiro atoms. The van der Waals surface area contributed by atoms with Gasteiger partial charge in [0.2, 0.25) is 5.95 Å². The maximum Gasteiger partial charge on any atom is 0.263 e. The molecular weight excluding hydrogens is 485 g/mol. The fourth-order valence-corrected chi connectivity index (χ4v) is 4.44. The largest absolute Gasteiger partial charge is 0.357 e. The van der Waals surface area contributed by atoms with Gasteiger partial charge < -0.3 is 15.1 Å². The predicted molar refractivity (Wildman–Crippen MR) is 144 cm³/mol. The van der Waals surface area contributed by atoms with E-state index in [-0.39, 0.29) is 11.7 Å². The first-order valence-corrected chi connectivity index (χ1v) is 12.5. The third-order valence-corrected chi connectivity index (χ3v) is 6.34. The zero-order valence-electron chi connectivity index (χ0n) is 21.7. The summed E-state index contributed by atoms with van der Waals surface area (Å²) in [5.74, 6) is 0.731. The van der Waals surface area contributed by atoms with Gasteiger partial charge in [0.1, 0.15) is 17.2 Å². The molecule has 2 aromatic heterocycles. The summed E-state index contributed by atoms with van der Waals surface area (Å²) in [5, 5.41) is 11.7. The summed E-state index contributed by atoms with van der Waals surface area (Å²) < 4.78 is 14.9. The average Bonchev–Trinajstić information content (AvgIpc) is 3.34. The Kier molecular flexibility index (Phi) is 7.27. The molecule has 10 nitrogen and oxygen atoms in total. The van der Waals surface area contributed by atoms with E-state index in [1.807, 2.05) is 56.4 Å². The molecule has 0 radical (unpaired) electrons. The number of hydrogen-bond acceptors (Lipinski definition) is 8. The molecule has 1 amide bonds. The maximum atomic E-state index is 13.5. The number of likely N-dealkylation sites (N-methyl/N-ethyl adjacent to an activating group) is 1. The fraction of sp³-hybridized carbons (Fsp3) is 0.296. The van der Waals surface area contributed by atoms with Gasteiger partial charge in [0, 0.05) is 51.7 Å². The van der Waals surface area contributed by atoms with Crippen LogP contribution in [0.25, 0.3) is 5.69 Å². The maximum absolute atomic E-state index is 13.5. The molecule has 2 aromatic carbocycles. The van der Waals surface area contributed by atoms with Crippen molar-refractivity contribution in [2.75, 3.05) is 48.8 Å². The lowest BCUT2D eigenvalue weighted by atomic mass is 10.2. The lowest BCUT2D eigenvalue weighted by Crippen LogP contribution is -2.33. The van der Waals surface area contributed by atoms with Crippen LogP contribution < -0.4 is 15.1 Å². The minimum atomic E-state index is -0.244. The van der Waals surface area contributed by atoms with Crippen LogP contribution >= 0.6 is 0 Å². The molecule has 38 heavy (non-hydrogen) atoms. The Morgan fingerprint density at radius 3 is 2.66 bits per heavy atom. The van der Waals surface area contributed by atoms with Crippen LogP contribution in [0, 0.1) is 5.82 Å². The molecule has 0 unspecified atom stereocenters. The van der Waals surface area contributed by atoms with Gasteiger partial charge in [0.15, 0.2) is 0 Å². The number of rotatable bonds is 8. The van der Waals surface area contributed by atoms with Gasteiger partial charge in [-0.25, -0.2) is 14.1 Å². The highest BCUT2D eigenvalue weighted by Crippen LogP contribution is 2.27. The number of fused-ring (bicyclic) bond motifs is 1. The van der Waals surface area contributed by atoms with Crippen LogP contribution in [-0.2, 0) is 13.1 Å². The molecule has 4 aromatic rings. The van der Waals surface area contributed by atoms with Crippen molar-refractivity contribution in [3.63, 3.8) is 0 Å². The summed E-state index contributed by atoms with van der Waals surface area (Å²) in [4.78, 5) is 28.2. The number of carbonyl (C=O) groups excluding carboxylic acids is 1. The molecule has 1 aliphatic rings. The molecule has 0 aliphatic carbocycles. The minimum absolute atomic E-state index is 0.147. The van der Waals surface area contributed by atoms with Gasteiger partial charge in [-0.15, -0.1) is 5.10 Å². The van der Waals surface area contributed by atoms with Gasteiger partial charge in [-0.3, -0.25) is 9.69 Å². The average molecular weight is 516 g/mol. The normalized spacial score (nSPS) is 13.6. The topological polar surface area (TPSA) is 95.3 Å². The summed E-state index contributed by atoms with van der Waals surface area (Å²) in [6, 6.07) is 14.2. The van der Waals surface area contributed by atoms with Crippen molar-refractivity contribution >= 4 is 23.4 Å². The van der Waals surface area contributed by atoms with Crippen LogP contribution in [0.4, 0.5) is 21.8 Å². The molecule has 0 atom stereocenters. The van der Waals surface area contributed by atoms with Crippen molar-refractivity contribution in [2.24, 2.45) is 0 Å². The highest BCUT2D eigenvalue weighted by atomic mass is 19.1. The molecule has 0 saturated heterocycles.